The molecule has 3 rings (SSSR count). The van der Waals surface area contributed by atoms with Crippen LogP contribution >= 0.6 is 0 Å². The maximum absolute atomic E-state index is 13.0. The first-order valence-electron chi connectivity index (χ1n) is 8.89. The molecule has 24 heavy (non-hydrogen) atoms. The van der Waals surface area contributed by atoms with Gasteiger partial charge in [0.2, 0.25) is 0 Å². The van der Waals surface area contributed by atoms with E-state index in [0.717, 1.165) is 41.8 Å². The first-order chi connectivity index (χ1) is 11.4. The van der Waals surface area contributed by atoms with Crippen molar-refractivity contribution in [3.05, 3.63) is 44.7 Å². The van der Waals surface area contributed by atoms with Gasteiger partial charge in [-0.25, -0.2) is 0 Å². The van der Waals surface area contributed by atoms with Gasteiger partial charge < -0.3 is 9.88 Å². The smallest absolute Gasteiger partial charge is 0.194 e. The zero-order valence-corrected chi connectivity index (χ0v) is 15.6. The van der Waals surface area contributed by atoms with Gasteiger partial charge in [-0.1, -0.05) is 6.07 Å². The molecule has 1 aromatic carbocycles. The lowest BCUT2D eigenvalue weighted by atomic mass is 10.0. The summed E-state index contributed by atoms with van der Waals surface area (Å²) in [5.74, 6) is 0. The number of H-pyrrole nitrogens is 1. The molecule has 2 aromatic rings. The van der Waals surface area contributed by atoms with Crippen LogP contribution in [-0.2, 0) is 6.54 Å². The van der Waals surface area contributed by atoms with Crippen molar-refractivity contribution < 1.29 is 0 Å². The molecule has 0 amide bonds. The summed E-state index contributed by atoms with van der Waals surface area (Å²) in [6, 6.07) is 4.58. The Labute approximate surface area is 144 Å². The fourth-order valence-corrected chi connectivity index (χ4v) is 3.77. The van der Waals surface area contributed by atoms with Gasteiger partial charge in [0.05, 0.1) is 5.52 Å². The minimum absolute atomic E-state index is 0.184. The van der Waals surface area contributed by atoms with Crippen molar-refractivity contribution in [1.29, 1.82) is 0 Å². The summed E-state index contributed by atoms with van der Waals surface area (Å²) in [5.41, 5.74) is 5.47. The second kappa shape index (κ2) is 6.69. The number of hydrogen-bond donors (Lipinski definition) is 1. The molecule has 0 spiro atoms. The summed E-state index contributed by atoms with van der Waals surface area (Å²) in [6.07, 6.45) is 2.35. The van der Waals surface area contributed by atoms with E-state index in [9.17, 15) is 4.79 Å². The van der Waals surface area contributed by atoms with E-state index in [1.54, 1.807) is 0 Å². The van der Waals surface area contributed by atoms with E-state index in [1.807, 2.05) is 19.1 Å². The third-order valence-corrected chi connectivity index (χ3v) is 5.74. The highest BCUT2D eigenvalue weighted by atomic mass is 16.1. The summed E-state index contributed by atoms with van der Waals surface area (Å²) in [5, 5.41) is 0.815. The van der Waals surface area contributed by atoms with Crippen LogP contribution in [0, 0.1) is 20.8 Å². The van der Waals surface area contributed by atoms with E-state index in [0.29, 0.717) is 6.04 Å². The standard InChI is InChI=1S/C20H29N3O/c1-13-6-7-17-19(14(13)2)21-15(3)18(20(17)24)12-23(5)16-8-10-22(4)11-9-16/h6-7,16H,8-12H2,1-5H3,(H,21,24). The lowest BCUT2D eigenvalue weighted by molar-refractivity contribution is 0.139. The number of aromatic nitrogens is 1. The molecule has 1 aliphatic rings. The van der Waals surface area contributed by atoms with Crippen LogP contribution in [0.2, 0.25) is 0 Å². The topological polar surface area (TPSA) is 39.3 Å². The largest absolute Gasteiger partial charge is 0.358 e. The highest BCUT2D eigenvalue weighted by Crippen LogP contribution is 2.21. The van der Waals surface area contributed by atoms with Crippen LogP contribution in [0.5, 0.6) is 0 Å². The Kier molecular flexibility index (Phi) is 4.79. The van der Waals surface area contributed by atoms with Crippen molar-refractivity contribution in [3.63, 3.8) is 0 Å². The number of nitrogens with zero attached hydrogens (tertiary/aromatic N) is 2. The molecule has 0 radical (unpaired) electrons. The molecule has 0 saturated carbocycles. The Bertz CT molecular complexity index is 801. The number of aryl methyl sites for hydroxylation is 3. The second-order valence-corrected chi connectivity index (χ2v) is 7.44. The van der Waals surface area contributed by atoms with Crippen molar-refractivity contribution >= 4 is 10.9 Å². The van der Waals surface area contributed by atoms with Crippen molar-refractivity contribution in [2.75, 3.05) is 27.2 Å². The molecule has 0 atom stereocenters. The lowest BCUT2D eigenvalue weighted by Crippen LogP contribution is -2.42. The van der Waals surface area contributed by atoms with Gasteiger partial charge in [0.15, 0.2) is 5.43 Å². The minimum Gasteiger partial charge on any atom is -0.358 e. The molecule has 0 unspecified atom stereocenters. The monoisotopic (exact) mass is 327 g/mol. The number of aromatic amines is 1. The molecular formula is C20H29N3O. The van der Waals surface area contributed by atoms with Crippen molar-refractivity contribution in [1.82, 2.24) is 14.8 Å². The first-order valence-corrected chi connectivity index (χ1v) is 8.89. The van der Waals surface area contributed by atoms with Gasteiger partial charge in [-0.05, 0) is 78.0 Å². The number of fused-ring (bicyclic) bond motifs is 1. The molecule has 0 bridgehead atoms. The molecule has 1 N–H and O–H groups in total. The van der Waals surface area contributed by atoms with Crippen LogP contribution in [0.4, 0.5) is 0 Å². The molecule has 1 saturated heterocycles. The third kappa shape index (κ3) is 3.13. The number of likely N-dealkylation sites (tertiary alicyclic amines) is 1. The van der Waals surface area contributed by atoms with Gasteiger partial charge in [-0.15, -0.1) is 0 Å². The Balaban J connectivity index is 1.92. The van der Waals surface area contributed by atoms with Crippen molar-refractivity contribution in [2.45, 2.75) is 46.2 Å². The fraction of sp³-hybridized carbons (Fsp3) is 0.550. The fourth-order valence-electron chi connectivity index (χ4n) is 3.77. The maximum Gasteiger partial charge on any atom is 0.194 e. The number of benzene rings is 1. The van der Waals surface area contributed by atoms with E-state index in [1.165, 1.54) is 24.0 Å². The Morgan fingerprint density at radius 1 is 1.21 bits per heavy atom. The van der Waals surface area contributed by atoms with Gasteiger partial charge >= 0.3 is 0 Å². The zero-order valence-electron chi connectivity index (χ0n) is 15.6. The lowest BCUT2D eigenvalue weighted by Gasteiger charge is -2.35. The van der Waals surface area contributed by atoms with Crippen LogP contribution < -0.4 is 5.43 Å². The van der Waals surface area contributed by atoms with E-state index >= 15 is 0 Å². The zero-order chi connectivity index (χ0) is 17.4. The normalized spacial score (nSPS) is 17.1. The van der Waals surface area contributed by atoms with Crippen LogP contribution in [0.25, 0.3) is 10.9 Å². The van der Waals surface area contributed by atoms with Gasteiger partial charge in [0.1, 0.15) is 0 Å². The molecule has 0 aliphatic carbocycles. The average molecular weight is 327 g/mol. The Morgan fingerprint density at radius 2 is 1.88 bits per heavy atom. The van der Waals surface area contributed by atoms with Crippen LogP contribution in [0.1, 0.15) is 35.2 Å². The molecular weight excluding hydrogens is 298 g/mol. The summed E-state index contributed by atoms with van der Waals surface area (Å²) in [6.45, 7) is 9.20. The predicted octanol–water partition coefficient (Wildman–Crippen LogP) is 2.98. The van der Waals surface area contributed by atoms with Gasteiger partial charge in [-0.3, -0.25) is 9.69 Å². The molecule has 130 valence electrons. The highest BCUT2D eigenvalue weighted by molar-refractivity contribution is 5.83. The van der Waals surface area contributed by atoms with Crippen LogP contribution in [-0.4, -0.2) is 48.0 Å². The summed E-state index contributed by atoms with van der Waals surface area (Å²) in [7, 11) is 4.33. The van der Waals surface area contributed by atoms with Gasteiger partial charge in [0.25, 0.3) is 0 Å². The van der Waals surface area contributed by atoms with Crippen molar-refractivity contribution in [2.24, 2.45) is 0 Å². The van der Waals surface area contributed by atoms with Crippen LogP contribution in [0.15, 0.2) is 16.9 Å². The number of rotatable bonds is 3. The predicted molar refractivity (Wildman–Crippen MR) is 101 cm³/mol. The summed E-state index contributed by atoms with van der Waals surface area (Å²) < 4.78 is 0. The number of nitrogens with one attached hydrogen (secondary N) is 1. The molecule has 4 nitrogen and oxygen atoms in total. The molecule has 4 heteroatoms. The minimum atomic E-state index is 0.184. The molecule has 1 aliphatic heterocycles. The van der Waals surface area contributed by atoms with Crippen LogP contribution in [0.3, 0.4) is 0 Å². The van der Waals surface area contributed by atoms with Crippen molar-refractivity contribution in [3.8, 4) is 0 Å². The SMILES string of the molecule is Cc1ccc2c(=O)c(CN(C)C3CCN(C)CC3)c(C)[nH]c2c1C. The van der Waals surface area contributed by atoms with Gasteiger partial charge in [-0.2, -0.15) is 0 Å². The quantitative estimate of drug-likeness (QED) is 0.942. The van der Waals surface area contributed by atoms with E-state index in [-0.39, 0.29) is 5.43 Å². The molecule has 2 heterocycles. The number of pyridine rings is 1. The third-order valence-electron chi connectivity index (χ3n) is 5.74. The average Bonchev–Trinajstić information content (AvgIpc) is 2.56. The summed E-state index contributed by atoms with van der Waals surface area (Å²) in [4.78, 5) is 21.3. The Morgan fingerprint density at radius 3 is 2.54 bits per heavy atom. The van der Waals surface area contributed by atoms with E-state index in [4.69, 9.17) is 0 Å². The van der Waals surface area contributed by atoms with E-state index in [2.05, 4.69) is 42.7 Å². The highest BCUT2D eigenvalue weighted by Gasteiger charge is 2.22. The van der Waals surface area contributed by atoms with E-state index < -0.39 is 0 Å². The van der Waals surface area contributed by atoms with Gasteiger partial charge in [0, 0.05) is 29.2 Å². The second-order valence-electron chi connectivity index (χ2n) is 7.44. The molecule has 1 aromatic heterocycles. The number of hydrogen-bond acceptors (Lipinski definition) is 3. The molecule has 1 fully saturated rings. The number of piperidine rings is 1. The Hall–Kier alpha value is -1.65. The first kappa shape index (κ1) is 17.2. The summed E-state index contributed by atoms with van der Waals surface area (Å²) >= 11 is 0. The maximum atomic E-state index is 13.0.